The molecule has 0 spiro atoms. The highest BCUT2D eigenvalue weighted by atomic mass is 32.2. The van der Waals surface area contributed by atoms with Crippen molar-refractivity contribution >= 4 is 16.0 Å². The predicted octanol–water partition coefficient (Wildman–Crippen LogP) is 1.53. The number of rotatable bonds is 7. The first-order valence-corrected chi connectivity index (χ1v) is 7.39. The van der Waals surface area contributed by atoms with E-state index in [1.807, 2.05) is 6.92 Å². The summed E-state index contributed by atoms with van der Waals surface area (Å²) in [5, 5.41) is 9.09. The van der Waals surface area contributed by atoms with E-state index >= 15 is 0 Å². The fourth-order valence-electron chi connectivity index (χ4n) is 1.48. The number of carbonyl (C=O) groups is 1. The van der Waals surface area contributed by atoms with E-state index in [2.05, 4.69) is 4.72 Å². The molecular formula is C12H17NO4S. The summed E-state index contributed by atoms with van der Waals surface area (Å²) in [6, 6.07) is 7.03. The first kappa shape index (κ1) is 14.7. The molecule has 6 heteroatoms. The predicted molar refractivity (Wildman–Crippen MR) is 68.6 cm³/mol. The maximum absolute atomic E-state index is 11.7. The number of sulfonamides is 1. The number of aliphatic carboxylic acids is 1. The fourth-order valence-corrected chi connectivity index (χ4v) is 2.86. The molecule has 5 nitrogen and oxygen atoms in total. The highest BCUT2D eigenvalue weighted by Gasteiger charge is 2.24. The Morgan fingerprint density at radius 1 is 1.33 bits per heavy atom. The molecule has 0 aliphatic heterocycles. The van der Waals surface area contributed by atoms with Crippen LogP contribution in [0, 0.1) is 0 Å². The summed E-state index contributed by atoms with van der Waals surface area (Å²) in [7, 11) is -3.57. The van der Waals surface area contributed by atoms with E-state index in [-0.39, 0.29) is 5.75 Å². The summed E-state index contributed by atoms with van der Waals surface area (Å²) in [5.74, 6) is -1.26. The fraction of sp³-hybridized carbons (Fsp3) is 0.417. The molecule has 1 rings (SSSR count). The molecule has 0 aliphatic carbocycles. The van der Waals surface area contributed by atoms with Crippen LogP contribution in [-0.2, 0) is 14.8 Å². The van der Waals surface area contributed by atoms with Crippen LogP contribution in [0.1, 0.15) is 31.4 Å². The van der Waals surface area contributed by atoms with Crippen molar-refractivity contribution in [2.75, 3.05) is 5.75 Å². The van der Waals surface area contributed by atoms with Crippen LogP contribution in [0.25, 0.3) is 0 Å². The molecule has 100 valence electrons. The van der Waals surface area contributed by atoms with Crippen LogP contribution in [0.2, 0.25) is 0 Å². The lowest BCUT2D eigenvalue weighted by atomic mass is 10.1. The van der Waals surface area contributed by atoms with Gasteiger partial charge >= 0.3 is 5.97 Å². The maximum Gasteiger partial charge on any atom is 0.326 e. The second-order valence-corrected chi connectivity index (χ2v) is 5.85. The zero-order valence-electron chi connectivity index (χ0n) is 10.2. The first-order chi connectivity index (χ1) is 8.46. The van der Waals surface area contributed by atoms with Crippen LogP contribution < -0.4 is 4.72 Å². The highest BCUT2D eigenvalue weighted by Crippen LogP contribution is 2.14. The van der Waals surface area contributed by atoms with Gasteiger partial charge in [-0.15, -0.1) is 0 Å². The summed E-state index contributed by atoms with van der Waals surface area (Å²) >= 11 is 0. The van der Waals surface area contributed by atoms with Gasteiger partial charge in [0.25, 0.3) is 0 Å². The molecule has 0 heterocycles. The van der Waals surface area contributed by atoms with E-state index in [0.29, 0.717) is 12.0 Å². The number of carboxylic acid groups (broad SMARTS) is 1. The van der Waals surface area contributed by atoms with Gasteiger partial charge in [-0.1, -0.05) is 43.7 Å². The number of unbranched alkanes of at least 4 members (excludes halogenated alkanes) is 1. The summed E-state index contributed by atoms with van der Waals surface area (Å²) in [4.78, 5) is 11.1. The Morgan fingerprint density at radius 3 is 2.44 bits per heavy atom. The molecule has 1 aromatic carbocycles. The van der Waals surface area contributed by atoms with E-state index in [9.17, 15) is 13.2 Å². The van der Waals surface area contributed by atoms with E-state index in [4.69, 9.17) is 5.11 Å². The Morgan fingerprint density at radius 2 is 1.94 bits per heavy atom. The molecule has 18 heavy (non-hydrogen) atoms. The minimum absolute atomic E-state index is 0.0554. The van der Waals surface area contributed by atoms with Gasteiger partial charge in [0.15, 0.2) is 0 Å². The Bertz CT molecular complexity index is 484. The minimum atomic E-state index is -3.57. The number of hydrogen-bond acceptors (Lipinski definition) is 3. The van der Waals surface area contributed by atoms with Gasteiger partial charge in [0.1, 0.15) is 6.04 Å². The third kappa shape index (κ3) is 4.46. The normalized spacial score (nSPS) is 13.2. The Hall–Kier alpha value is -1.40. The van der Waals surface area contributed by atoms with Gasteiger partial charge in [0.05, 0.1) is 5.75 Å². The molecule has 0 radical (unpaired) electrons. The maximum atomic E-state index is 11.7. The molecule has 0 aliphatic rings. The summed E-state index contributed by atoms with van der Waals surface area (Å²) in [5.41, 5.74) is 0.421. The smallest absolute Gasteiger partial charge is 0.326 e. The van der Waals surface area contributed by atoms with Gasteiger partial charge in [-0.2, -0.15) is 4.72 Å². The average molecular weight is 271 g/mol. The number of benzene rings is 1. The van der Waals surface area contributed by atoms with Crippen molar-refractivity contribution in [3.05, 3.63) is 35.9 Å². The van der Waals surface area contributed by atoms with Crippen LogP contribution in [0.4, 0.5) is 0 Å². The summed E-state index contributed by atoms with van der Waals surface area (Å²) in [6.07, 6.45) is 1.25. The lowest BCUT2D eigenvalue weighted by molar-refractivity contribution is -0.139. The molecule has 0 fully saturated rings. The van der Waals surface area contributed by atoms with E-state index in [1.54, 1.807) is 30.3 Å². The quantitative estimate of drug-likeness (QED) is 0.787. The molecule has 0 bridgehead atoms. The van der Waals surface area contributed by atoms with Crippen LogP contribution >= 0.6 is 0 Å². The molecule has 2 N–H and O–H groups in total. The second-order valence-electron chi connectivity index (χ2n) is 3.97. The van der Waals surface area contributed by atoms with E-state index in [1.165, 1.54) is 0 Å². The molecule has 0 aromatic heterocycles. The van der Waals surface area contributed by atoms with Gasteiger partial charge in [-0.25, -0.2) is 8.42 Å². The van der Waals surface area contributed by atoms with Gasteiger partial charge < -0.3 is 5.11 Å². The van der Waals surface area contributed by atoms with Crippen LogP contribution in [0.3, 0.4) is 0 Å². The Kier molecular flexibility index (Phi) is 5.30. The van der Waals surface area contributed by atoms with Crippen molar-refractivity contribution in [3.8, 4) is 0 Å². The van der Waals surface area contributed by atoms with Gasteiger partial charge in [-0.3, -0.25) is 4.79 Å². The number of nitrogens with one attached hydrogen (secondary N) is 1. The first-order valence-electron chi connectivity index (χ1n) is 5.74. The van der Waals surface area contributed by atoms with Crippen LogP contribution in [0.15, 0.2) is 30.3 Å². The zero-order valence-corrected chi connectivity index (χ0v) is 11.0. The van der Waals surface area contributed by atoms with Crippen LogP contribution in [-0.4, -0.2) is 25.2 Å². The van der Waals surface area contributed by atoms with Crippen molar-refractivity contribution in [2.45, 2.75) is 25.8 Å². The number of carboxylic acids is 1. The molecule has 1 aromatic rings. The largest absolute Gasteiger partial charge is 0.480 e. The molecule has 0 unspecified atom stereocenters. The second kappa shape index (κ2) is 6.51. The average Bonchev–Trinajstić information content (AvgIpc) is 2.34. The topological polar surface area (TPSA) is 83.5 Å². The van der Waals surface area contributed by atoms with E-state index < -0.39 is 22.0 Å². The summed E-state index contributed by atoms with van der Waals surface area (Å²) < 4.78 is 25.6. The third-order valence-corrected chi connectivity index (χ3v) is 3.86. The Balaban J connectivity index is 2.86. The lowest BCUT2D eigenvalue weighted by Gasteiger charge is -2.14. The highest BCUT2D eigenvalue weighted by molar-refractivity contribution is 7.89. The van der Waals surface area contributed by atoms with Gasteiger partial charge in [-0.05, 0) is 12.0 Å². The van der Waals surface area contributed by atoms with E-state index in [0.717, 1.165) is 6.42 Å². The standard InChI is InChI=1S/C12H17NO4S/c1-2-3-9-18(16,17)13-11(12(14)15)10-7-5-4-6-8-10/h4-8,11,13H,2-3,9H2,1H3,(H,14,15)/t11-/m1/s1. The lowest BCUT2D eigenvalue weighted by Crippen LogP contribution is -2.35. The van der Waals surface area contributed by atoms with Gasteiger partial charge in [0.2, 0.25) is 10.0 Å². The SMILES string of the molecule is CCCCS(=O)(=O)N[C@@H](C(=O)O)c1ccccc1. The minimum Gasteiger partial charge on any atom is -0.480 e. The molecule has 0 saturated carbocycles. The summed E-state index contributed by atoms with van der Waals surface area (Å²) in [6.45, 7) is 1.88. The molecular weight excluding hydrogens is 254 g/mol. The Labute approximate surface area is 107 Å². The van der Waals surface area contributed by atoms with Crippen molar-refractivity contribution in [1.82, 2.24) is 4.72 Å². The van der Waals surface area contributed by atoms with Crippen molar-refractivity contribution in [1.29, 1.82) is 0 Å². The zero-order chi connectivity index (χ0) is 13.6. The molecule has 0 saturated heterocycles. The van der Waals surface area contributed by atoms with Gasteiger partial charge in [0, 0.05) is 0 Å². The van der Waals surface area contributed by atoms with Crippen molar-refractivity contribution in [2.24, 2.45) is 0 Å². The van der Waals surface area contributed by atoms with Crippen LogP contribution in [0.5, 0.6) is 0 Å². The monoisotopic (exact) mass is 271 g/mol. The number of hydrogen-bond donors (Lipinski definition) is 2. The van der Waals surface area contributed by atoms with Crippen molar-refractivity contribution in [3.63, 3.8) is 0 Å². The van der Waals surface area contributed by atoms with Crippen molar-refractivity contribution < 1.29 is 18.3 Å². The third-order valence-electron chi connectivity index (χ3n) is 2.44. The molecule has 1 atom stereocenters. The molecule has 0 amide bonds.